The van der Waals surface area contributed by atoms with Gasteiger partial charge in [-0.2, -0.15) is 13.2 Å². The number of carbonyl (C=O) groups is 1. The predicted molar refractivity (Wildman–Crippen MR) is 64.2 cm³/mol. The van der Waals surface area contributed by atoms with E-state index in [1.165, 1.54) is 7.11 Å². The zero-order valence-corrected chi connectivity index (χ0v) is 11.0. The van der Waals surface area contributed by atoms with E-state index in [1.54, 1.807) is 0 Å². The van der Waals surface area contributed by atoms with Crippen LogP contribution in [0.5, 0.6) is 5.75 Å². The van der Waals surface area contributed by atoms with Crippen molar-refractivity contribution in [1.29, 1.82) is 0 Å². The van der Waals surface area contributed by atoms with E-state index in [0.717, 1.165) is 25.3 Å². The largest absolute Gasteiger partial charge is 0.496 e. The van der Waals surface area contributed by atoms with Crippen LogP contribution in [0, 0.1) is 0 Å². The number of halogens is 4. The lowest BCUT2D eigenvalue weighted by Crippen LogP contribution is -2.23. The number of benzene rings is 1. The zero-order chi connectivity index (χ0) is 13.9. The van der Waals surface area contributed by atoms with Gasteiger partial charge in [-0.1, -0.05) is 6.07 Å². The Hall–Kier alpha value is -1.47. The summed E-state index contributed by atoms with van der Waals surface area (Å²) in [5.74, 6) is -0.865. The maximum Gasteiger partial charge on any atom is 0.416 e. The summed E-state index contributed by atoms with van der Waals surface area (Å²) >= 11 is 0. The maximum atomic E-state index is 12.5. The van der Waals surface area contributed by atoms with Gasteiger partial charge in [0.15, 0.2) is 0 Å². The fourth-order valence-corrected chi connectivity index (χ4v) is 1.40. The standard InChI is InChI=1S/C11H12F3NO3.ClH/c1-17-8-5-6(11(12,13)14)3-4-7(8)9(15)10(16)18-2;/h3-5,9H,15H2,1-2H3;1H/t9-;/m1./s1. The van der Waals surface area contributed by atoms with Gasteiger partial charge in [-0.3, -0.25) is 4.79 Å². The highest BCUT2D eigenvalue weighted by atomic mass is 35.5. The van der Waals surface area contributed by atoms with E-state index in [1.807, 2.05) is 0 Å². The maximum absolute atomic E-state index is 12.5. The molecule has 19 heavy (non-hydrogen) atoms. The lowest BCUT2D eigenvalue weighted by atomic mass is 10.0. The molecule has 0 aromatic heterocycles. The molecular formula is C11H13ClF3NO3. The first-order chi connectivity index (χ1) is 8.31. The number of nitrogens with two attached hydrogens (primary N) is 1. The van der Waals surface area contributed by atoms with Crippen molar-refractivity contribution < 1.29 is 27.4 Å². The molecule has 0 unspecified atom stereocenters. The smallest absolute Gasteiger partial charge is 0.416 e. The van der Waals surface area contributed by atoms with Crippen LogP contribution in [0.25, 0.3) is 0 Å². The monoisotopic (exact) mass is 299 g/mol. The quantitative estimate of drug-likeness (QED) is 0.870. The average molecular weight is 300 g/mol. The molecule has 0 aliphatic rings. The van der Waals surface area contributed by atoms with Crippen molar-refractivity contribution in [3.05, 3.63) is 29.3 Å². The topological polar surface area (TPSA) is 61.5 Å². The summed E-state index contributed by atoms with van der Waals surface area (Å²) in [6, 6.07) is 1.54. The highest BCUT2D eigenvalue weighted by Gasteiger charge is 2.32. The van der Waals surface area contributed by atoms with E-state index in [-0.39, 0.29) is 23.7 Å². The minimum Gasteiger partial charge on any atom is -0.496 e. The molecule has 1 atom stereocenters. The van der Waals surface area contributed by atoms with Crippen LogP contribution >= 0.6 is 12.4 Å². The van der Waals surface area contributed by atoms with Crippen molar-refractivity contribution in [2.45, 2.75) is 12.2 Å². The molecule has 0 fully saturated rings. The summed E-state index contributed by atoms with van der Waals surface area (Å²) in [6.07, 6.45) is -4.48. The molecule has 0 saturated heterocycles. The van der Waals surface area contributed by atoms with Crippen LogP contribution in [0.2, 0.25) is 0 Å². The van der Waals surface area contributed by atoms with Crippen LogP contribution in [0.1, 0.15) is 17.2 Å². The molecule has 0 spiro atoms. The Morgan fingerprint density at radius 2 is 1.89 bits per heavy atom. The number of hydrogen-bond donors (Lipinski definition) is 1. The first kappa shape index (κ1) is 17.5. The third-order valence-corrected chi connectivity index (χ3v) is 2.35. The van der Waals surface area contributed by atoms with E-state index in [2.05, 4.69) is 4.74 Å². The van der Waals surface area contributed by atoms with Gasteiger partial charge in [0, 0.05) is 5.56 Å². The minimum absolute atomic E-state index is 0. The van der Waals surface area contributed by atoms with Crippen molar-refractivity contribution >= 4 is 18.4 Å². The second-order valence-electron chi connectivity index (χ2n) is 3.46. The molecule has 8 heteroatoms. The van der Waals surface area contributed by atoms with Gasteiger partial charge >= 0.3 is 12.1 Å². The molecule has 2 N–H and O–H groups in total. The SMILES string of the molecule is COC(=O)[C@H](N)c1ccc(C(F)(F)F)cc1OC.Cl. The van der Waals surface area contributed by atoms with Gasteiger partial charge in [0.25, 0.3) is 0 Å². The van der Waals surface area contributed by atoms with Gasteiger partial charge in [-0.25, -0.2) is 0 Å². The lowest BCUT2D eigenvalue weighted by Gasteiger charge is -2.16. The summed E-state index contributed by atoms with van der Waals surface area (Å²) in [7, 11) is 2.34. The molecule has 0 saturated carbocycles. The Labute approximate surface area is 114 Å². The van der Waals surface area contributed by atoms with E-state index < -0.39 is 23.8 Å². The molecule has 0 radical (unpaired) electrons. The Balaban J connectivity index is 0.00000324. The lowest BCUT2D eigenvalue weighted by molar-refractivity contribution is -0.142. The summed E-state index contributed by atoms with van der Waals surface area (Å²) in [6.45, 7) is 0. The van der Waals surface area contributed by atoms with Crippen LogP contribution in [-0.2, 0) is 15.7 Å². The Bertz CT molecular complexity index is 451. The second kappa shape index (κ2) is 6.63. The Morgan fingerprint density at radius 1 is 1.32 bits per heavy atom. The number of alkyl halides is 3. The van der Waals surface area contributed by atoms with Crippen molar-refractivity contribution in [2.75, 3.05) is 14.2 Å². The van der Waals surface area contributed by atoms with Crippen molar-refractivity contribution in [1.82, 2.24) is 0 Å². The molecule has 0 heterocycles. The summed E-state index contributed by atoms with van der Waals surface area (Å²) in [5, 5.41) is 0. The zero-order valence-electron chi connectivity index (χ0n) is 10.2. The Morgan fingerprint density at radius 3 is 2.32 bits per heavy atom. The Kier molecular flexibility index (Phi) is 6.11. The van der Waals surface area contributed by atoms with Gasteiger partial charge in [-0.15, -0.1) is 12.4 Å². The average Bonchev–Trinajstić information content (AvgIpc) is 2.35. The minimum atomic E-state index is -4.48. The summed E-state index contributed by atoms with van der Waals surface area (Å²) in [5.41, 5.74) is 4.81. The first-order valence-electron chi connectivity index (χ1n) is 4.89. The van der Waals surface area contributed by atoms with Crippen molar-refractivity contribution in [3.8, 4) is 5.75 Å². The highest BCUT2D eigenvalue weighted by molar-refractivity contribution is 5.85. The number of esters is 1. The number of rotatable bonds is 3. The van der Waals surface area contributed by atoms with Gasteiger partial charge in [-0.05, 0) is 12.1 Å². The third-order valence-electron chi connectivity index (χ3n) is 2.35. The van der Waals surface area contributed by atoms with Crippen LogP contribution in [0.3, 0.4) is 0 Å². The third kappa shape index (κ3) is 4.00. The van der Waals surface area contributed by atoms with Gasteiger partial charge < -0.3 is 15.2 Å². The first-order valence-corrected chi connectivity index (χ1v) is 4.89. The number of hydrogen-bond acceptors (Lipinski definition) is 4. The highest BCUT2D eigenvalue weighted by Crippen LogP contribution is 2.34. The van der Waals surface area contributed by atoms with E-state index in [4.69, 9.17) is 10.5 Å². The fraction of sp³-hybridized carbons (Fsp3) is 0.364. The number of methoxy groups -OCH3 is 2. The number of carbonyl (C=O) groups excluding carboxylic acids is 1. The molecule has 0 bridgehead atoms. The molecule has 1 aromatic rings. The summed E-state index contributed by atoms with van der Waals surface area (Å²) in [4.78, 5) is 11.2. The molecule has 0 amide bonds. The second-order valence-corrected chi connectivity index (χ2v) is 3.46. The van der Waals surface area contributed by atoms with Gasteiger partial charge in [0.05, 0.1) is 19.8 Å². The predicted octanol–water partition coefficient (Wildman–Crippen LogP) is 2.31. The summed E-state index contributed by atoms with van der Waals surface area (Å²) < 4.78 is 46.7. The van der Waals surface area contributed by atoms with E-state index in [9.17, 15) is 18.0 Å². The molecular weight excluding hydrogens is 287 g/mol. The molecule has 1 rings (SSSR count). The normalized spacial score (nSPS) is 12.3. The molecule has 0 aliphatic carbocycles. The van der Waals surface area contributed by atoms with Crippen molar-refractivity contribution in [3.63, 3.8) is 0 Å². The van der Waals surface area contributed by atoms with Gasteiger partial charge in [0.2, 0.25) is 0 Å². The van der Waals surface area contributed by atoms with E-state index >= 15 is 0 Å². The van der Waals surface area contributed by atoms with Gasteiger partial charge in [0.1, 0.15) is 11.8 Å². The van der Waals surface area contributed by atoms with Crippen LogP contribution in [0.4, 0.5) is 13.2 Å². The van der Waals surface area contributed by atoms with Crippen molar-refractivity contribution in [2.24, 2.45) is 5.73 Å². The van der Waals surface area contributed by atoms with Crippen LogP contribution < -0.4 is 10.5 Å². The molecule has 1 aromatic carbocycles. The molecule has 0 aliphatic heterocycles. The number of ether oxygens (including phenoxy) is 2. The fourth-order valence-electron chi connectivity index (χ4n) is 1.40. The van der Waals surface area contributed by atoms with E-state index in [0.29, 0.717) is 0 Å². The van der Waals surface area contributed by atoms with Crippen LogP contribution in [0.15, 0.2) is 18.2 Å². The van der Waals surface area contributed by atoms with Crippen LogP contribution in [-0.4, -0.2) is 20.2 Å². The molecule has 4 nitrogen and oxygen atoms in total. The molecule has 108 valence electrons.